The minimum Gasteiger partial charge on any atom is -0.480 e. The highest BCUT2D eigenvalue weighted by Crippen LogP contribution is 2.19. The SMILES string of the molecule is NCC(=O)N[C@@H](Cc1c[nH]c2ccccc12)C(=O)NCC(=O)NCC(=O)NCC(=O)O. The molecule has 0 saturated carbocycles. The second-order valence-corrected chi connectivity index (χ2v) is 6.55. The Bertz CT molecular complexity index is 972. The number of hydrogen-bond acceptors (Lipinski definition) is 6. The van der Waals surface area contributed by atoms with Crippen molar-refractivity contribution >= 4 is 40.5 Å². The minimum absolute atomic E-state index is 0.167. The van der Waals surface area contributed by atoms with Gasteiger partial charge in [0.1, 0.15) is 12.6 Å². The molecule has 166 valence electrons. The lowest BCUT2D eigenvalue weighted by atomic mass is 10.0. The van der Waals surface area contributed by atoms with Gasteiger partial charge in [-0.1, -0.05) is 18.2 Å². The number of para-hydroxylation sites is 1. The van der Waals surface area contributed by atoms with E-state index in [-0.39, 0.29) is 13.0 Å². The first-order valence-corrected chi connectivity index (χ1v) is 9.37. The Morgan fingerprint density at radius 1 is 0.935 bits per heavy atom. The lowest BCUT2D eigenvalue weighted by Crippen LogP contribution is -2.51. The molecule has 31 heavy (non-hydrogen) atoms. The van der Waals surface area contributed by atoms with E-state index in [0.717, 1.165) is 16.5 Å². The van der Waals surface area contributed by atoms with Crippen molar-refractivity contribution in [3.63, 3.8) is 0 Å². The highest BCUT2D eigenvalue weighted by Gasteiger charge is 2.22. The van der Waals surface area contributed by atoms with Crippen molar-refractivity contribution in [3.05, 3.63) is 36.0 Å². The summed E-state index contributed by atoms with van der Waals surface area (Å²) >= 11 is 0. The number of aliphatic carboxylic acids is 1. The predicted molar refractivity (Wildman–Crippen MR) is 110 cm³/mol. The molecule has 0 bridgehead atoms. The molecule has 0 spiro atoms. The summed E-state index contributed by atoms with van der Waals surface area (Å²) in [5.41, 5.74) is 7.01. The number of aromatic amines is 1. The Balaban J connectivity index is 1.92. The molecule has 0 saturated heterocycles. The van der Waals surface area contributed by atoms with Crippen molar-refractivity contribution in [2.75, 3.05) is 26.2 Å². The third kappa shape index (κ3) is 7.44. The number of hydrogen-bond donors (Lipinski definition) is 7. The molecule has 1 atom stereocenters. The van der Waals surface area contributed by atoms with Crippen LogP contribution in [0, 0.1) is 0 Å². The fraction of sp³-hybridized carbons (Fsp3) is 0.316. The maximum atomic E-state index is 12.6. The normalized spacial score (nSPS) is 11.4. The number of aromatic nitrogens is 1. The van der Waals surface area contributed by atoms with Gasteiger partial charge in [0.25, 0.3) is 0 Å². The molecule has 0 aliphatic rings. The van der Waals surface area contributed by atoms with Gasteiger partial charge in [-0.05, 0) is 11.6 Å². The van der Waals surface area contributed by atoms with Crippen LogP contribution in [0.4, 0.5) is 0 Å². The van der Waals surface area contributed by atoms with Gasteiger partial charge in [-0.25, -0.2) is 0 Å². The third-order valence-electron chi connectivity index (χ3n) is 4.24. The van der Waals surface area contributed by atoms with Gasteiger partial charge in [0.05, 0.1) is 19.6 Å². The van der Waals surface area contributed by atoms with Crippen LogP contribution in [0.25, 0.3) is 10.9 Å². The first kappa shape index (κ1) is 23.3. The van der Waals surface area contributed by atoms with E-state index in [9.17, 15) is 24.0 Å². The van der Waals surface area contributed by atoms with Crippen molar-refractivity contribution in [2.24, 2.45) is 5.73 Å². The second-order valence-electron chi connectivity index (χ2n) is 6.55. The molecule has 2 rings (SSSR count). The van der Waals surface area contributed by atoms with E-state index in [1.807, 2.05) is 24.3 Å². The molecule has 8 N–H and O–H groups in total. The van der Waals surface area contributed by atoms with Crippen LogP contribution in [0.15, 0.2) is 30.5 Å². The van der Waals surface area contributed by atoms with Crippen LogP contribution in [0.1, 0.15) is 5.56 Å². The van der Waals surface area contributed by atoms with Gasteiger partial charge in [-0.15, -0.1) is 0 Å². The summed E-state index contributed by atoms with van der Waals surface area (Å²) in [6, 6.07) is 6.50. The molecule has 0 fully saturated rings. The van der Waals surface area contributed by atoms with Crippen LogP contribution in [0.5, 0.6) is 0 Å². The number of carbonyl (C=O) groups is 5. The Kier molecular flexibility index (Phi) is 8.52. The first-order chi connectivity index (χ1) is 14.8. The molecule has 12 heteroatoms. The van der Waals surface area contributed by atoms with Gasteiger partial charge in [0, 0.05) is 23.5 Å². The predicted octanol–water partition coefficient (Wildman–Crippen LogP) is -2.41. The van der Waals surface area contributed by atoms with Crippen LogP contribution in [0.2, 0.25) is 0 Å². The van der Waals surface area contributed by atoms with E-state index in [1.165, 1.54) is 0 Å². The van der Waals surface area contributed by atoms with Gasteiger partial charge < -0.3 is 37.1 Å². The monoisotopic (exact) mass is 432 g/mol. The number of H-pyrrole nitrogens is 1. The van der Waals surface area contributed by atoms with Crippen molar-refractivity contribution in [1.82, 2.24) is 26.3 Å². The molecule has 0 unspecified atom stereocenters. The number of nitrogens with one attached hydrogen (secondary N) is 5. The highest BCUT2D eigenvalue weighted by molar-refractivity contribution is 5.93. The summed E-state index contributed by atoms with van der Waals surface area (Å²) in [6.07, 6.45) is 1.91. The van der Waals surface area contributed by atoms with Gasteiger partial charge in [-0.3, -0.25) is 24.0 Å². The van der Waals surface area contributed by atoms with Crippen molar-refractivity contribution in [1.29, 1.82) is 0 Å². The number of fused-ring (bicyclic) bond motifs is 1. The van der Waals surface area contributed by atoms with Crippen LogP contribution in [-0.2, 0) is 30.4 Å². The van der Waals surface area contributed by atoms with E-state index in [2.05, 4.69) is 26.3 Å². The van der Waals surface area contributed by atoms with Crippen molar-refractivity contribution in [2.45, 2.75) is 12.5 Å². The van der Waals surface area contributed by atoms with E-state index in [1.54, 1.807) is 6.20 Å². The third-order valence-corrected chi connectivity index (χ3v) is 4.24. The fourth-order valence-corrected chi connectivity index (χ4v) is 2.75. The molecule has 12 nitrogen and oxygen atoms in total. The highest BCUT2D eigenvalue weighted by atomic mass is 16.4. The van der Waals surface area contributed by atoms with E-state index in [4.69, 9.17) is 10.8 Å². The van der Waals surface area contributed by atoms with Gasteiger partial charge >= 0.3 is 5.97 Å². The Hall–Kier alpha value is -3.93. The smallest absolute Gasteiger partial charge is 0.322 e. The number of rotatable bonds is 11. The van der Waals surface area contributed by atoms with Gasteiger partial charge in [-0.2, -0.15) is 0 Å². The number of carbonyl (C=O) groups excluding carboxylic acids is 4. The zero-order chi connectivity index (χ0) is 22.8. The van der Waals surface area contributed by atoms with Gasteiger partial charge in [0.15, 0.2) is 0 Å². The zero-order valence-corrected chi connectivity index (χ0v) is 16.6. The molecule has 1 heterocycles. The molecule has 2 aromatic rings. The van der Waals surface area contributed by atoms with Crippen molar-refractivity contribution < 1.29 is 29.1 Å². The second kappa shape index (κ2) is 11.3. The van der Waals surface area contributed by atoms with Crippen LogP contribution < -0.4 is 27.0 Å². The van der Waals surface area contributed by atoms with Crippen LogP contribution in [0.3, 0.4) is 0 Å². The minimum atomic E-state index is -1.22. The first-order valence-electron chi connectivity index (χ1n) is 9.37. The standard InChI is InChI=1S/C19H24N6O6/c20-6-15(26)25-14(5-11-7-21-13-4-2-1-3-12(11)13)19(31)24-9-17(28)22-8-16(27)23-10-18(29)30/h1-4,7,14,21H,5-6,8-10,20H2,(H,22,28)(H,23,27)(H,24,31)(H,25,26)(H,29,30)/t14-/m0/s1. The number of carboxylic acids is 1. The van der Waals surface area contributed by atoms with Crippen LogP contribution >= 0.6 is 0 Å². The lowest BCUT2D eigenvalue weighted by Gasteiger charge is -2.18. The maximum absolute atomic E-state index is 12.6. The Labute approximate surface area is 176 Å². The topological polar surface area (TPSA) is 196 Å². The van der Waals surface area contributed by atoms with E-state index < -0.39 is 55.3 Å². The maximum Gasteiger partial charge on any atom is 0.322 e. The molecular weight excluding hydrogens is 408 g/mol. The number of carboxylic acid groups (broad SMARTS) is 1. The number of amides is 4. The molecule has 1 aromatic carbocycles. The van der Waals surface area contributed by atoms with Crippen LogP contribution in [-0.4, -0.2) is 71.9 Å². The number of benzene rings is 1. The average Bonchev–Trinajstić information content (AvgIpc) is 3.16. The van der Waals surface area contributed by atoms with Gasteiger partial charge in [0.2, 0.25) is 23.6 Å². The average molecular weight is 432 g/mol. The Morgan fingerprint density at radius 3 is 2.26 bits per heavy atom. The summed E-state index contributed by atoms with van der Waals surface area (Å²) < 4.78 is 0. The fourth-order valence-electron chi connectivity index (χ4n) is 2.75. The molecular formula is C19H24N6O6. The largest absolute Gasteiger partial charge is 0.480 e. The summed E-state index contributed by atoms with van der Waals surface area (Å²) in [6.45, 7) is -1.75. The van der Waals surface area contributed by atoms with E-state index >= 15 is 0 Å². The quantitative estimate of drug-likeness (QED) is 0.205. The molecule has 0 aliphatic heterocycles. The summed E-state index contributed by atoms with van der Waals surface area (Å²) in [7, 11) is 0. The molecule has 0 radical (unpaired) electrons. The lowest BCUT2D eigenvalue weighted by molar-refractivity contribution is -0.137. The summed E-state index contributed by atoms with van der Waals surface area (Å²) in [4.78, 5) is 61.0. The summed E-state index contributed by atoms with van der Waals surface area (Å²) in [5, 5.41) is 18.6. The molecule has 1 aromatic heterocycles. The number of nitrogens with two attached hydrogens (primary N) is 1. The molecule has 4 amide bonds. The zero-order valence-electron chi connectivity index (χ0n) is 16.6. The Morgan fingerprint density at radius 2 is 1.58 bits per heavy atom. The molecule has 0 aliphatic carbocycles. The summed E-state index contributed by atoms with van der Waals surface area (Å²) in [5.74, 6) is -3.69. The van der Waals surface area contributed by atoms with Crippen molar-refractivity contribution in [3.8, 4) is 0 Å². The van der Waals surface area contributed by atoms with E-state index in [0.29, 0.717) is 0 Å².